The molecule has 0 aliphatic heterocycles. The smallest absolute Gasteiger partial charge is 0.0169 e. The number of allylic oxidation sites excluding steroid dienone is 15. The fourth-order valence-electron chi connectivity index (χ4n) is 5.81. The lowest BCUT2D eigenvalue weighted by Gasteiger charge is -2.22. The van der Waals surface area contributed by atoms with Crippen molar-refractivity contribution in [1.82, 2.24) is 9.80 Å². The SMILES string of the molecule is CC(C)=CCC/C(C)=C/CC/C(C)=C/CN(C)CCCN(C/C=C(\C)CC/C=C(\C)CCC=C(C)C)C/C=C(\C)CC/C=C(\C)CCC=C(C)C. The fraction of sp³-hybridized carbons (Fsp3) is 0.633. The third kappa shape index (κ3) is 33.2. The average Bonchev–Trinajstić information content (AvgIpc) is 3.04. The van der Waals surface area contributed by atoms with Gasteiger partial charge in [0, 0.05) is 26.2 Å². The molecule has 0 aromatic carbocycles. The Hall–Kier alpha value is -2.42. The van der Waals surface area contributed by atoms with Gasteiger partial charge in [-0.1, -0.05) is 105 Å². The van der Waals surface area contributed by atoms with Crippen LogP contribution in [0.2, 0.25) is 0 Å². The van der Waals surface area contributed by atoms with Gasteiger partial charge in [-0.3, -0.25) is 4.90 Å². The van der Waals surface area contributed by atoms with Crippen molar-refractivity contribution >= 4 is 0 Å². The Balaban J connectivity index is 5.10. The van der Waals surface area contributed by atoms with Crippen LogP contribution in [-0.2, 0) is 0 Å². The summed E-state index contributed by atoms with van der Waals surface area (Å²) in [5.74, 6) is 0. The summed E-state index contributed by atoms with van der Waals surface area (Å²) in [6.07, 6.45) is 36.9. The minimum absolute atomic E-state index is 1.03. The molecule has 0 spiro atoms. The van der Waals surface area contributed by atoms with Gasteiger partial charge < -0.3 is 4.90 Å². The molecular formula is C49H84N2. The van der Waals surface area contributed by atoms with Crippen molar-refractivity contribution in [1.29, 1.82) is 0 Å². The van der Waals surface area contributed by atoms with Crippen molar-refractivity contribution in [2.75, 3.05) is 39.8 Å². The van der Waals surface area contributed by atoms with E-state index < -0.39 is 0 Å². The highest BCUT2D eigenvalue weighted by molar-refractivity contribution is 5.09. The first-order valence-corrected chi connectivity index (χ1v) is 20.4. The first-order valence-electron chi connectivity index (χ1n) is 20.4. The van der Waals surface area contributed by atoms with Crippen LogP contribution in [0.3, 0.4) is 0 Å². The van der Waals surface area contributed by atoms with Crippen LogP contribution in [0.1, 0.15) is 167 Å². The van der Waals surface area contributed by atoms with Crippen molar-refractivity contribution in [3.63, 3.8) is 0 Å². The molecule has 0 radical (unpaired) electrons. The molecule has 0 aliphatic carbocycles. The van der Waals surface area contributed by atoms with Gasteiger partial charge in [0.1, 0.15) is 0 Å². The molecule has 2 heteroatoms. The highest BCUT2D eigenvalue weighted by Gasteiger charge is 2.05. The van der Waals surface area contributed by atoms with E-state index in [1.165, 1.54) is 75.8 Å². The monoisotopic (exact) mass is 701 g/mol. The maximum absolute atomic E-state index is 2.65. The Morgan fingerprint density at radius 1 is 0.333 bits per heavy atom. The van der Waals surface area contributed by atoms with Gasteiger partial charge in [-0.15, -0.1) is 0 Å². The first-order chi connectivity index (χ1) is 24.2. The highest BCUT2D eigenvalue weighted by atomic mass is 15.1. The second kappa shape index (κ2) is 31.1. The van der Waals surface area contributed by atoms with Crippen molar-refractivity contribution in [3.8, 4) is 0 Å². The van der Waals surface area contributed by atoms with Gasteiger partial charge in [-0.05, 0) is 180 Å². The normalized spacial score (nSPS) is 13.7. The van der Waals surface area contributed by atoms with Gasteiger partial charge in [-0.2, -0.15) is 0 Å². The van der Waals surface area contributed by atoms with E-state index in [0.29, 0.717) is 0 Å². The molecule has 0 amide bonds. The van der Waals surface area contributed by atoms with Gasteiger partial charge in [0.2, 0.25) is 0 Å². The zero-order valence-electron chi connectivity index (χ0n) is 36.3. The highest BCUT2D eigenvalue weighted by Crippen LogP contribution is 2.15. The summed E-state index contributed by atoms with van der Waals surface area (Å²) in [5.41, 5.74) is 13.4. The van der Waals surface area contributed by atoms with Crippen LogP contribution in [0.15, 0.2) is 105 Å². The first kappa shape index (κ1) is 48.6. The Morgan fingerprint density at radius 2 is 0.608 bits per heavy atom. The minimum atomic E-state index is 1.03. The van der Waals surface area contributed by atoms with Crippen LogP contribution in [0.25, 0.3) is 0 Å². The van der Waals surface area contributed by atoms with Crippen LogP contribution < -0.4 is 0 Å². The summed E-state index contributed by atoms with van der Waals surface area (Å²) < 4.78 is 0. The number of hydrogen-bond donors (Lipinski definition) is 0. The van der Waals surface area contributed by atoms with Crippen molar-refractivity contribution < 1.29 is 0 Å². The Morgan fingerprint density at radius 3 is 0.922 bits per heavy atom. The van der Waals surface area contributed by atoms with Crippen molar-refractivity contribution in [3.05, 3.63) is 105 Å². The quantitative estimate of drug-likeness (QED) is 0.0750. The van der Waals surface area contributed by atoms with Gasteiger partial charge in [-0.25, -0.2) is 0 Å². The molecule has 0 aromatic rings. The van der Waals surface area contributed by atoms with Gasteiger partial charge in [0.15, 0.2) is 0 Å². The Bertz CT molecular complexity index is 1150. The molecule has 0 N–H and O–H groups in total. The van der Waals surface area contributed by atoms with E-state index in [1.807, 2.05) is 0 Å². The Labute approximate surface area is 320 Å². The lowest BCUT2D eigenvalue weighted by Crippen LogP contribution is -2.29. The molecule has 0 atom stereocenters. The molecular weight excluding hydrogens is 617 g/mol. The summed E-state index contributed by atoms with van der Waals surface area (Å²) in [5, 5.41) is 0. The van der Waals surface area contributed by atoms with Gasteiger partial charge in [0.25, 0.3) is 0 Å². The van der Waals surface area contributed by atoms with Crippen LogP contribution in [0.4, 0.5) is 0 Å². The van der Waals surface area contributed by atoms with E-state index >= 15 is 0 Å². The predicted octanol–water partition coefficient (Wildman–Crippen LogP) is 14.9. The maximum Gasteiger partial charge on any atom is 0.0169 e. The number of likely N-dealkylation sites (N-methyl/N-ethyl adjacent to an activating group) is 1. The summed E-state index contributed by atoms with van der Waals surface area (Å²) >= 11 is 0. The minimum Gasteiger partial charge on any atom is -0.303 e. The molecule has 0 aliphatic rings. The third-order valence-corrected chi connectivity index (χ3v) is 9.53. The summed E-state index contributed by atoms with van der Waals surface area (Å²) in [6.45, 7) is 32.3. The van der Waals surface area contributed by atoms with Crippen LogP contribution in [0, 0.1) is 0 Å². The van der Waals surface area contributed by atoms with Crippen LogP contribution in [0.5, 0.6) is 0 Å². The van der Waals surface area contributed by atoms with Crippen LogP contribution >= 0.6 is 0 Å². The molecule has 290 valence electrons. The summed E-state index contributed by atoms with van der Waals surface area (Å²) in [7, 11) is 2.28. The topological polar surface area (TPSA) is 6.48 Å². The van der Waals surface area contributed by atoms with E-state index in [4.69, 9.17) is 0 Å². The largest absolute Gasteiger partial charge is 0.303 e. The van der Waals surface area contributed by atoms with Gasteiger partial charge >= 0.3 is 0 Å². The Kier molecular flexibility index (Phi) is 29.7. The average molecular weight is 701 g/mol. The second-order valence-electron chi connectivity index (χ2n) is 16.3. The lowest BCUT2D eigenvalue weighted by molar-refractivity contribution is 0.289. The molecule has 0 fully saturated rings. The lowest BCUT2D eigenvalue weighted by atomic mass is 10.1. The van der Waals surface area contributed by atoms with Crippen LogP contribution in [-0.4, -0.2) is 49.6 Å². The standard InChI is InChI=1S/C49H84N2/c1-41(2)21-14-24-44(7)27-17-30-47(10)33-38-50(13)36-20-37-51(39-34-48(11)31-18-28-45(8)25-15-22-42(3)4)40-35-49(12)32-19-29-46(9)26-16-23-43(5)6/h21-23,27-29,33-35H,14-20,24-26,30-32,36-40H2,1-13H3/b44-27+,45-28+,46-29+,47-33+,48-34+,49-35+. The molecule has 0 saturated heterocycles. The maximum atomic E-state index is 2.65. The summed E-state index contributed by atoms with van der Waals surface area (Å²) in [6, 6.07) is 0. The number of nitrogens with zero attached hydrogens (tertiary/aromatic N) is 2. The van der Waals surface area contributed by atoms with Crippen molar-refractivity contribution in [2.24, 2.45) is 0 Å². The molecule has 0 heterocycles. The molecule has 2 nitrogen and oxygen atoms in total. The zero-order chi connectivity index (χ0) is 38.4. The molecule has 0 aromatic heterocycles. The zero-order valence-corrected chi connectivity index (χ0v) is 36.3. The molecule has 0 saturated carbocycles. The summed E-state index contributed by atoms with van der Waals surface area (Å²) in [4.78, 5) is 5.14. The second-order valence-corrected chi connectivity index (χ2v) is 16.3. The van der Waals surface area contributed by atoms with E-state index in [-0.39, 0.29) is 0 Å². The number of rotatable bonds is 28. The van der Waals surface area contributed by atoms with Crippen molar-refractivity contribution in [2.45, 2.75) is 167 Å². The van der Waals surface area contributed by atoms with E-state index in [0.717, 1.165) is 90.5 Å². The van der Waals surface area contributed by atoms with E-state index in [2.05, 4.69) is 155 Å². The molecule has 0 bridgehead atoms. The van der Waals surface area contributed by atoms with E-state index in [1.54, 1.807) is 0 Å². The molecule has 0 unspecified atom stereocenters. The molecule has 0 rings (SSSR count). The fourth-order valence-corrected chi connectivity index (χ4v) is 5.81. The van der Waals surface area contributed by atoms with E-state index in [9.17, 15) is 0 Å². The number of hydrogen-bond acceptors (Lipinski definition) is 2. The van der Waals surface area contributed by atoms with Gasteiger partial charge in [0.05, 0.1) is 0 Å². The predicted molar refractivity (Wildman–Crippen MR) is 235 cm³/mol. The third-order valence-electron chi connectivity index (χ3n) is 9.53. The molecule has 51 heavy (non-hydrogen) atoms.